The van der Waals surface area contributed by atoms with Crippen LogP contribution >= 0.6 is 0 Å². The maximum atomic E-state index is 12.9. The topological polar surface area (TPSA) is 32.7 Å². The summed E-state index contributed by atoms with van der Waals surface area (Å²) in [6.45, 7) is 1.47. The summed E-state index contributed by atoms with van der Waals surface area (Å²) in [4.78, 5) is 2.12. The molecule has 1 fully saturated rings. The number of piperidine rings is 1. The fraction of sp³-hybridized carbons (Fsp3) is 0.538. The number of likely N-dealkylation sites (tertiary alicyclic amines) is 1. The molecule has 1 aromatic rings. The zero-order valence-electron chi connectivity index (χ0n) is 10.2. The Hall–Kier alpha value is -0.970. The summed E-state index contributed by atoms with van der Waals surface area (Å²) in [6, 6.07) is 6.01. The second-order valence-corrected chi connectivity index (χ2v) is 4.67. The van der Waals surface area contributed by atoms with Crippen molar-refractivity contribution < 1.29 is 14.2 Å². The molecule has 0 spiro atoms. The van der Waals surface area contributed by atoms with Gasteiger partial charge in [-0.3, -0.25) is 0 Å². The van der Waals surface area contributed by atoms with Crippen molar-refractivity contribution in [2.45, 2.75) is 18.1 Å². The monoisotopic (exact) mass is 239 g/mol. The van der Waals surface area contributed by atoms with Gasteiger partial charge in [0.25, 0.3) is 0 Å². The van der Waals surface area contributed by atoms with Crippen LogP contribution in [0.25, 0.3) is 0 Å². The van der Waals surface area contributed by atoms with Gasteiger partial charge in [-0.2, -0.15) is 0 Å². The Morgan fingerprint density at radius 3 is 2.65 bits per heavy atom. The molecule has 1 saturated heterocycles. The van der Waals surface area contributed by atoms with Crippen LogP contribution in [-0.2, 0) is 10.3 Å². The van der Waals surface area contributed by atoms with Crippen LogP contribution in [0.4, 0.5) is 4.39 Å². The summed E-state index contributed by atoms with van der Waals surface area (Å²) in [5, 5.41) is 10.7. The predicted molar refractivity (Wildman–Crippen MR) is 63.2 cm³/mol. The van der Waals surface area contributed by atoms with E-state index in [2.05, 4.69) is 4.90 Å². The molecule has 1 aliphatic heterocycles. The Morgan fingerprint density at radius 2 is 2.06 bits per heavy atom. The van der Waals surface area contributed by atoms with Gasteiger partial charge in [0.15, 0.2) is 0 Å². The van der Waals surface area contributed by atoms with Crippen LogP contribution in [0.5, 0.6) is 0 Å². The van der Waals surface area contributed by atoms with Crippen LogP contribution in [0.15, 0.2) is 24.3 Å². The molecule has 94 valence electrons. The van der Waals surface area contributed by atoms with Gasteiger partial charge in [0.05, 0.1) is 0 Å². The van der Waals surface area contributed by atoms with E-state index in [0.717, 1.165) is 12.1 Å². The molecule has 0 aliphatic carbocycles. The molecule has 0 bridgehead atoms. The SMILES string of the molecule is CO[C@H]1CN(C)CC[C@]1(O)c1ccc(F)cc1. The van der Waals surface area contributed by atoms with Crippen molar-refractivity contribution in [2.24, 2.45) is 0 Å². The molecule has 1 aromatic carbocycles. The van der Waals surface area contributed by atoms with E-state index in [1.54, 1.807) is 19.2 Å². The third kappa shape index (κ3) is 2.34. The number of rotatable bonds is 2. The highest BCUT2D eigenvalue weighted by Gasteiger charge is 2.42. The Bertz CT molecular complexity index is 382. The molecule has 0 amide bonds. The molecule has 17 heavy (non-hydrogen) atoms. The van der Waals surface area contributed by atoms with Crippen molar-refractivity contribution in [1.29, 1.82) is 0 Å². The Labute approximate surface area is 101 Å². The lowest BCUT2D eigenvalue weighted by Gasteiger charge is -2.42. The molecule has 0 aromatic heterocycles. The number of hydrogen-bond acceptors (Lipinski definition) is 3. The Morgan fingerprint density at radius 1 is 1.41 bits per heavy atom. The first-order chi connectivity index (χ1) is 8.06. The largest absolute Gasteiger partial charge is 0.382 e. The molecule has 0 radical (unpaired) electrons. The van der Waals surface area contributed by atoms with Gasteiger partial charge in [-0.25, -0.2) is 4.39 Å². The third-order valence-corrected chi connectivity index (χ3v) is 3.51. The van der Waals surface area contributed by atoms with Gasteiger partial charge in [-0.15, -0.1) is 0 Å². The van der Waals surface area contributed by atoms with E-state index >= 15 is 0 Å². The van der Waals surface area contributed by atoms with Crippen molar-refractivity contribution in [3.63, 3.8) is 0 Å². The molecule has 0 saturated carbocycles. The first-order valence-electron chi connectivity index (χ1n) is 5.76. The lowest BCUT2D eigenvalue weighted by Crippen LogP contribution is -2.53. The second-order valence-electron chi connectivity index (χ2n) is 4.67. The summed E-state index contributed by atoms with van der Waals surface area (Å²) < 4.78 is 18.3. The predicted octanol–water partition coefficient (Wildman–Crippen LogP) is 1.36. The van der Waals surface area contributed by atoms with Crippen LogP contribution in [0, 0.1) is 5.82 Å². The molecule has 2 atom stereocenters. The van der Waals surface area contributed by atoms with Crippen molar-refractivity contribution in [2.75, 3.05) is 27.2 Å². The van der Waals surface area contributed by atoms with Crippen molar-refractivity contribution >= 4 is 0 Å². The number of methoxy groups -OCH3 is 1. The zero-order chi connectivity index (χ0) is 12.5. The summed E-state index contributed by atoms with van der Waals surface area (Å²) >= 11 is 0. The third-order valence-electron chi connectivity index (χ3n) is 3.51. The Balaban J connectivity index is 2.30. The molecule has 1 heterocycles. The van der Waals surface area contributed by atoms with Crippen molar-refractivity contribution in [1.82, 2.24) is 4.90 Å². The summed E-state index contributed by atoms with van der Waals surface area (Å²) in [7, 11) is 3.59. The van der Waals surface area contributed by atoms with Gasteiger partial charge in [0.1, 0.15) is 17.5 Å². The lowest BCUT2D eigenvalue weighted by molar-refractivity contribution is -0.136. The number of nitrogens with zero attached hydrogens (tertiary/aromatic N) is 1. The fourth-order valence-corrected chi connectivity index (χ4v) is 2.39. The number of halogens is 1. The van der Waals surface area contributed by atoms with Crippen LogP contribution in [0.1, 0.15) is 12.0 Å². The molecule has 1 N–H and O–H groups in total. The van der Waals surface area contributed by atoms with E-state index in [1.807, 2.05) is 7.05 Å². The van der Waals surface area contributed by atoms with Gasteiger partial charge in [0.2, 0.25) is 0 Å². The molecular formula is C13H18FNO2. The number of hydrogen-bond donors (Lipinski definition) is 1. The summed E-state index contributed by atoms with van der Waals surface area (Å²) in [6.07, 6.45) is 0.305. The molecule has 1 aliphatic rings. The van der Waals surface area contributed by atoms with Crippen LogP contribution in [-0.4, -0.2) is 43.4 Å². The van der Waals surface area contributed by atoms with E-state index in [0.29, 0.717) is 13.0 Å². The zero-order valence-corrected chi connectivity index (χ0v) is 10.2. The standard InChI is InChI=1S/C13H18FNO2/c1-15-8-7-13(16,12(9-15)17-2)10-3-5-11(14)6-4-10/h3-6,12,16H,7-9H2,1-2H3/t12-,13-/m0/s1. The highest BCUT2D eigenvalue weighted by molar-refractivity contribution is 5.25. The highest BCUT2D eigenvalue weighted by atomic mass is 19.1. The maximum absolute atomic E-state index is 12.9. The normalized spacial score (nSPS) is 30.5. The minimum absolute atomic E-state index is 0.285. The minimum Gasteiger partial charge on any atom is -0.382 e. The fourth-order valence-electron chi connectivity index (χ4n) is 2.39. The maximum Gasteiger partial charge on any atom is 0.123 e. The molecule has 0 unspecified atom stereocenters. The summed E-state index contributed by atoms with van der Waals surface area (Å²) in [5.41, 5.74) is -0.298. The lowest BCUT2D eigenvalue weighted by atomic mass is 9.82. The first-order valence-corrected chi connectivity index (χ1v) is 5.76. The van der Waals surface area contributed by atoms with E-state index < -0.39 is 5.60 Å². The molecule has 3 nitrogen and oxygen atoms in total. The molecule has 2 rings (SSSR count). The second kappa shape index (κ2) is 4.72. The van der Waals surface area contributed by atoms with Gasteiger partial charge >= 0.3 is 0 Å². The molecule has 4 heteroatoms. The average molecular weight is 239 g/mol. The quantitative estimate of drug-likeness (QED) is 0.846. The molecular weight excluding hydrogens is 221 g/mol. The van der Waals surface area contributed by atoms with Crippen LogP contribution in [0.2, 0.25) is 0 Å². The van der Waals surface area contributed by atoms with Crippen molar-refractivity contribution in [3.05, 3.63) is 35.6 Å². The van der Waals surface area contributed by atoms with Gasteiger partial charge in [-0.05, 0) is 31.2 Å². The Kier molecular flexibility index (Phi) is 3.47. The van der Waals surface area contributed by atoms with Crippen LogP contribution < -0.4 is 0 Å². The van der Waals surface area contributed by atoms with Gasteiger partial charge in [0, 0.05) is 20.2 Å². The van der Waals surface area contributed by atoms with E-state index in [4.69, 9.17) is 4.74 Å². The smallest absolute Gasteiger partial charge is 0.123 e. The number of benzene rings is 1. The minimum atomic E-state index is -1.02. The van der Waals surface area contributed by atoms with Crippen molar-refractivity contribution in [3.8, 4) is 0 Å². The first kappa shape index (κ1) is 12.5. The van der Waals surface area contributed by atoms with Crippen LogP contribution in [0.3, 0.4) is 0 Å². The average Bonchev–Trinajstić information content (AvgIpc) is 2.33. The van der Waals surface area contributed by atoms with E-state index in [-0.39, 0.29) is 11.9 Å². The van der Waals surface area contributed by atoms with E-state index in [9.17, 15) is 9.50 Å². The van der Waals surface area contributed by atoms with Gasteiger partial charge in [-0.1, -0.05) is 12.1 Å². The number of aliphatic hydroxyl groups is 1. The number of likely N-dealkylation sites (N-methyl/N-ethyl adjacent to an activating group) is 1. The number of ether oxygens (including phenoxy) is 1. The van der Waals surface area contributed by atoms with E-state index in [1.165, 1.54) is 12.1 Å². The highest BCUT2D eigenvalue weighted by Crippen LogP contribution is 2.34. The summed E-state index contributed by atoms with van der Waals surface area (Å²) in [5.74, 6) is -0.292. The van der Waals surface area contributed by atoms with Gasteiger partial charge < -0.3 is 14.7 Å².